The molecule has 0 bridgehead atoms. The van der Waals surface area contributed by atoms with Crippen LogP contribution in [-0.2, 0) is 32.6 Å². The van der Waals surface area contributed by atoms with E-state index in [1.165, 1.54) is 24.1 Å². The quantitative estimate of drug-likeness (QED) is 0.176. The monoisotopic (exact) mass is 741 g/mol. The first-order valence-corrected chi connectivity index (χ1v) is 17.0. The second-order valence-electron chi connectivity index (χ2n) is 9.86. The summed E-state index contributed by atoms with van der Waals surface area (Å²) in [7, 11) is -2.68. The lowest BCUT2D eigenvalue weighted by molar-refractivity contribution is -0.139. The highest BCUT2D eigenvalue weighted by Crippen LogP contribution is 2.28. The number of anilines is 1. The summed E-state index contributed by atoms with van der Waals surface area (Å²) >= 11 is 6.79. The molecule has 44 heavy (non-hydrogen) atoms. The van der Waals surface area contributed by atoms with Gasteiger partial charge in [0.1, 0.15) is 18.3 Å². The molecular formula is C33H33Br2N3O5S. The summed E-state index contributed by atoms with van der Waals surface area (Å²) in [6.07, 6.45) is 0.241. The van der Waals surface area contributed by atoms with Crippen LogP contribution in [0.3, 0.4) is 0 Å². The van der Waals surface area contributed by atoms with Crippen molar-refractivity contribution in [3.8, 4) is 5.75 Å². The van der Waals surface area contributed by atoms with Crippen molar-refractivity contribution in [3.63, 3.8) is 0 Å². The van der Waals surface area contributed by atoms with Crippen LogP contribution < -0.4 is 14.4 Å². The molecular weight excluding hydrogens is 710 g/mol. The summed E-state index contributed by atoms with van der Waals surface area (Å²) in [5.41, 5.74) is 1.93. The van der Waals surface area contributed by atoms with Crippen LogP contribution in [0.5, 0.6) is 5.75 Å². The summed E-state index contributed by atoms with van der Waals surface area (Å²) in [5, 5.41) is 2.69. The van der Waals surface area contributed by atoms with Gasteiger partial charge in [0.25, 0.3) is 10.0 Å². The number of ether oxygens (including phenoxy) is 1. The molecule has 0 saturated carbocycles. The molecule has 8 nitrogen and oxygen atoms in total. The number of hydrogen-bond donors (Lipinski definition) is 1. The molecule has 230 valence electrons. The van der Waals surface area contributed by atoms with Crippen LogP contribution in [0, 0.1) is 0 Å². The standard InChI is InChI=1S/C33H33Br2N3O5S/c1-3-43-29-17-15-28(16-18-29)38(44(41,42)30-19-13-27(35)14-20-30)23-32(39)37(22-25-9-11-26(34)12-10-25)31(33(40)36-2)21-24-7-5-4-6-8-24/h4-20,31H,3,21-23H2,1-2H3,(H,36,40)/t31-/m1/s1. The van der Waals surface area contributed by atoms with Gasteiger partial charge < -0.3 is 15.0 Å². The Morgan fingerprint density at radius 2 is 1.41 bits per heavy atom. The number of carbonyl (C=O) groups excluding carboxylic acids is 2. The van der Waals surface area contributed by atoms with E-state index in [0.717, 1.165) is 24.4 Å². The predicted molar refractivity (Wildman–Crippen MR) is 179 cm³/mol. The predicted octanol–water partition coefficient (Wildman–Crippen LogP) is 6.19. The molecule has 0 fully saturated rings. The number of nitrogens with one attached hydrogen (secondary N) is 1. The van der Waals surface area contributed by atoms with Gasteiger partial charge in [-0.2, -0.15) is 0 Å². The number of likely N-dealkylation sites (N-methyl/N-ethyl adjacent to an activating group) is 1. The topological polar surface area (TPSA) is 96.0 Å². The van der Waals surface area contributed by atoms with Gasteiger partial charge in [-0.05, 0) is 78.7 Å². The van der Waals surface area contributed by atoms with Crippen molar-refractivity contribution in [1.29, 1.82) is 0 Å². The lowest BCUT2D eigenvalue weighted by Gasteiger charge is -2.33. The van der Waals surface area contributed by atoms with E-state index in [4.69, 9.17) is 4.74 Å². The molecule has 4 aromatic carbocycles. The van der Waals surface area contributed by atoms with Crippen LogP contribution >= 0.6 is 31.9 Å². The van der Waals surface area contributed by atoms with Gasteiger partial charge in [0.05, 0.1) is 17.2 Å². The molecule has 2 amide bonds. The van der Waals surface area contributed by atoms with Crippen LogP contribution in [-0.4, -0.2) is 51.4 Å². The highest BCUT2D eigenvalue weighted by Gasteiger charge is 2.34. The second kappa shape index (κ2) is 15.4. The third kappa shape index (κ3) is 8.49. The lowest BCUT2D eigenvalue weighted by Crippen LogP contribution is -2.53. The van der Waals surface area contributed by atoms with E-state index in [1.54, 1.807) is 36.4 Å². The van der Waals surface area contributed by atoms with Gasteiger partial charge in [-0.3, -0.25) is 13.9 Å². The number of sulfonamides is 1. The molecule has 4 rings (SSSR count). The first-order valence-electron chi connectivity index (χ1n) is 13.9. The van der Waals surface area contributed by atoms with Crippen LogP contribution in [0.4, 0.5) is 5.69 Å². The molecule has 0 saturated heterocycles. The van der Waals surface area contributed by atoms with Gasteiger partial charge in [-0.15, -0.1) is 0 Å². The van der Waals surface area contributed by atoms with Gasteiger partial charge in [-0.1, -0.05) is 74.3 Å². The van der Waals surface area contributed by atoms with E-state index >= 15 is 0 Å². The Kier molecular flexibility index (Phi) is 11.6. The maximum atomic E-state index is 14.4. The fraction of sp³-hybridized carbons (Fsp3) is 0.212. The Bertz CT molecular complexity index is 1650. The third-order valence-electron chi connectivity index (χ3n) is 6.90. The SMILES string of the molecule is CCOc1ccc(N(CC(=O)N(Cc2ccc(Br)cc2)[C@H](Cc2ccccc2)C(=O)NC)S(=O)(=O)c2ccc(Br)cc2)cc1. The van der Waals surface area contributed by atoms with Crippen LogP contribution in [0.15, 0.2) is 117 Å². The average Bonchev–Trinajstić information content (AvgIpc) is 3.03. The summed E-state index contributed by atoms with van der Waals surface area (Å²) < 4.78 is 36.4. The fourth-order valence-electron chi connectivity index (χ4n) is 4.64. The lowest BCUT2D eigenvalue weighted by atomic mass is 10.0. The van der Waals surface area contributed by atoms with Crippen molar-refractivity contribution in [2.45, 2.75) is 30.8 Å². The molecule has 0 unspecified atom stereocenters. The van der Waals surface area contributed by atoms with Gasteiger partial charge in [0, 0.05) is 29.0 Å². The minimum absolute atomic E-state index is 0.0222. The van der Waals surface area contributed by atoms with Gasteiger partial charge in [0.15, 0.2) is 0 Å². The van der Waals surface area contributed by atoms with E-state index < -0.39 is 28.5 Å². The molecule has 1 atom stereocenters. The Labute approximate surface area is 275 Å². The summed E-state index contributed by atoms with van der Waals surface area (Å²) in [4.78, 5) is 29.2. The molecule has 0 radical (unpaired) electrons. The highest BCUT2D eigenvalue weighted by atomic mass is 79.9. The molecule has 4 aromatic rings. The van der Waals surface area contributed by atoms with Crippen molar-refractivity contribution in [2.24, 2.45) is 0 Å². The Morgan fingerprint density at radius 3 is 1.98 bits per heavy atom. The zero-order chi connectivity index (χ0) is 31.7. The number of nitrogens with zero attached hydrogens (tertiary/aromatic N) is 2. The van der Waals surface area contributed by atoms with E-state index in [1.807, 2.05) is 61.5 Å². The zero-order valence-electron chi connectivity index (χ0n) is 24.3. The van der Waals surface area contributed by atoms with Gasteiger partial charge in [0.2, 0.25) is 11.8 Å². The Balaban J connectivity index is 1.78. The maximum absolute atomic E-state index is 14.4. The van der Waals surface area contributed by atoms with Crippen LogP contribution in [0.2, 0.25) is 0 Å². The number of benzene rings is 4. The molecule has 0 aliphatic rings. The zero-order valence-corrected chi connectivity index (χ0v) is 28.3. The largest absolute Gasteiger partial charge is 0.494 e. The maximum Gasteiger partial charge on any atom is 0.264 e. The van der Waals surface area contributed by atoms with Crippen LogP contribution in [0.25, 0.3) is 0 Å². The molecule has 0 aliphatic carbocycles. The number of amides is 2. The first kappa shape index (κ1) is 33.2. The Morgan fingerprint density at radius 1 is 0.818 bits per heavy atom. The Hall–Kier alpha value is -3.67. The summed E-state index contributed by atoms with van der Waals surface area (Å²) in [5.74, 6) is -0.322. The van der Waals surface area contributed by atoms with E-state index in [-0.39, 0.29) is 29.5 Å². The summed E-state index contributed by atoms with van der Waals surface area (Å²) in [6, 6.07) is 28.7. The third-order valence-corrected chi connectivity index (χ3v) is 9.75. The normalized spacial score (nSPS) is 11.8. The second-order valence-corrected chi connectivity index (χ2v) is 13.6. The smallest absolute Gasteiger partial charge is 0.264 e. The summed E-state index contributed by atoms with van der Waals surface area (Å²) in [6.45, 7) is 1.86. The molecule has 1 N–H and O–H groups in total. The molecule has 0 spiro atoms. The molecule has 0 heterocycles. The highest BCUT2D eigenvalue weighted by molar-refractivity contribution is 9.10. The van der Waals surface area contributed by atoms with Crippen molar-refractivity contribution < 1.29 is 22.7 Å². The van der Waals surface area contributed by atoms with Crippen molar-refractivity contribution in [1.82, 2.24) is 10.2 Å². The average molecular weight is 744 g/mol. The fourth-order valence-corrected chi connectivity index (χ4v) is 6.59. The molecule has 11 heteroatoms. The first-order chi connectivity index (χ1) is 21.1. The van der Waals surface area contributed by atoms with Gasteiger partial charge >= 0.3 is 0 Å². The minimum Gasteiger partial charge on any atom is -0.494 e. The number of hydrogen-bond acceptors (Lipinski definition) is 5. The minimum atomic E-state index is -4.20. The van der Waals surface area contributed by atoms with Crippen molar-refractivity contribution in [3.05, 3.63) is 123 Å². The molecule has 0 aromatic heterocycles. The number of carbonyl (C=O) groups is 2. The van der Waals surface area contributed by atoms with E-state index in [9.17, 15) is 18.0 Å². The van der Waals surface area contributed by atoms with Gasteiger partial charge in [-0.25, -0.2) is 8.42 Å². The van der Waals surface area contributed by atoms with Crippen molar-refractivity contribution in [2.75, 3.05) is 24.5 Å². The van der Waals surface area contributed by atoms with E-state index in [2.05, 4.69) is 37.2 Å². The van der Waals surface area contributed by atoms with E-state index in [0.29, 0.717) is 12.4 Å². The van der Waals surface area contributed by atoms with Crippen molar-refractivity contribution >= 4 is 59.4 Å². The number of halogens is 2. The van der Waals surface area contributed by atoms with Crippen LogP contribution in [0.1, 0.15) is 18.1 Å². The molecule has 0 aliphatic heterocycles. The number of rotatable bonds is 13.